The Morgan fingerprint density at radius 1 is 1.31 bits per heavy atom. The number of aliphatic hydroxyl groups excluding tert-OH is 1. The maximum absolute atomic E-state index is 11.5. The molecule has 1 aliphatic heterocycles. The highest BCUT2D eigenvalue weighted by atomic mass is 35.5. The van der Waals surface area contributed by atoms with Crippen molar-refractivity contribution in [2.45, 2.75) is 44.6 Å². The monoisotopic (exact) mass is 250 g/mol. The minimum atomic E-state index is 0. The molecule has 0 saturated carbocycles. The zero-order valence-electron chi connectivity index (χ0n) is 9.71. The maximum Gasteiger partial charge on any atom is 0.237 e. The molecule has 4 nitrogen and oxygen atoms in total. The summed E-state index contributed by atoms with van der Waals surface area (Å²) >= 11 is 0. The van der Waals surface area contributed by atoms with Gasteiger partial charge in [-0.3, -0.25) is 4.79 Å². The van der Waals surface area contributed by atoms with E-state index in [1.165, 1.54) is 0 Å². The first kappa shape index (κ1) is 15.7. The molecule has 1 heterocycles. The molecule has 1 amide bonds. The quantitative estimate of drug-likeness (QED) is 0.587. The summed E-state index contributed by atoms with van der Waals surface area (Å²) in [5.74, 6) is 0.148. The third-order valence-electron chi connectivity index (χ3n) is 2.76. The van der Waals surface area contributed by atoms with Crippen LogP contribution in [-0.2, 0) is 4.79 Å². The van der Waals surface area contributed by atoms with Gasteiger partial charge in [-0.25, -0.2) is 0 Å². The fourth-order valence-electron chi connectivity index (χ4n) is 1.83. The number of carbonyl (C=O) groups excluding carboxylic acids is 1. The van der Waals surface area contributed by atoms with Crippen LogP contribution in [-0.4, -0.2) is 36.8 Å². The lowest BCUT2D eigenvalue weighted by Crippen LogP contribution is -2.40. The molecule has 1 atom stereocenters. The summed E-state index contributed by atoms with van der Waals surface area (Å²) in [5, 5.41) is 14.7. The van der Waals surface area contributed by atoms with Crippen molar-refractivity contribution in [1.29, 1.82) is 0 Å². The minimum Gasteiger partial charge on any atom is -0.396 e. The second-order valence-electron chi connectivity index (χ2n) is 4.08. The van der Waals surface area contributed by atoms with Gasteiger partial charge in [-0.15, -0.1) is 12.4 Å². The summed E-state index contributed by atoms with van der Waals surface area (Å²) in [6.07, 6.45) is 6.09. The molecule has 16 heavy (non-hydrogen) atoms. The number of amides is 1. The molecule has 5 heteroatoms. The van der Waals surface area contributed by atoms with Gasteiger partial charge in [0.15, 0.2) is 0 Å². The highest BCUT2D eigenvalue weighted by Gasteiger charge is 2.20. The fourth-order valence-corrected chi connectivity index (χ4v) is 1.83. The molecule has 1 rings (SSSR count). The van der Waals surface area contributed by atoms with Crippen molar-refractivity contribution in [3.63, 3.8) is 0 Å². The van der Waals surface area contributed by atoms with Crippen LogP contribution in [0.15, 0.2) is 0 Å². The van der Waals surface area contributed by atoms with E-state index in [2.05, 4.69) is 10.6 Å². The van der Waals surface area contributed by atoms with Gasteiger partial charge < -0.3 is 15.7 Å². The van der Waals surface area contributed by atoms with Crippen LogP contribution in [0.5, 0.6) is 0 Å². The van der Waals surface area contributed by atoms with Crippen LogP contribution in [0.3, 0.4) is 0 Å². The Labute approximate surface area is 104 Å². The van der Waals surface area contributed by atoms with Gasteiger partial charge in [-0.1, -0.05) is 12.8 Å². The average molecular weight is 251 g/mol. The zero-order chi connectivity index (χ0) is 10.9. The van der Waals surface area contributed by atoms with Gasteiger partial charge in [0.05, 0.1) is 6.04 Å². The number of unbranched alkanes of at least 4 members (excludes halogenated alkanes) is 3. The summed E-state index contributed by atoms with van der Waals surface area (Å²) in [6.45, 7) is 2.01. The first-order chi connectivity index (χ1) is 7.34. The molecule has 1 saturated heterocycles. The number of halogens is 1. The largest absolute Gasteiger partial charge is 0.396 e. The summed E-state index contributed by atoms with van der Waals surface area (Å²) in [6, 6.07) is 0.0439. The number of hydrogen-bond donors (Lipinski definition) is 3. The second kappa shape index (κ2) is 9.87. The van der Waals surface area contributed by atoms with Crippen LogP contribution in [0.2, 0.25) is 0 Å². The first-order valence-electron chi connectivity index (χ1n) is 5.96. The van der Waals surface area contributed by atoms with Crippen LogP contribution in [0.1, 0.15) is 38.5 Å². The van der Waals surface area contributed by atoms with Crippen molar-refractivity contribution in [2.24, 2.45) is 0 Å². The van der Waals surface area contributed by atoms with Gasteiger partial charge in [0, 0.05) is 13.2 Å². The molecule has 0 aromatic carbocycles. The number of carbonyl (C=O) groups is 1. The van der Waals surface area contributed by atoms with Crippen molar-refractivity contribution in [2.75, 3.05) is 19.7 Å². The Kier molecular flexibility index (Phi) is 9.68. The van der Waals surface area contributed by atoms with E-state index in [9.17, 15) is 4.79 Å². The standard InChI is InChI=1S/C11H22N2O2.ClH/c14-9-4-2-1-3-7-13-11(15)10-6-5-8-12-10;/h10,12,14H,1-9H2,(H,13,15);1H. The normalized spacial score (nSPS) is 19.2. The molecular weight excluding hydrogens is 228 g/mol. The Balaban J connectivity index is 0.00000225. The van der Waals surface area contributed by atoms with Gasteiger partial charge in [-0.2, -0.15) is 0 Å². The third-order valence-corrected chi connectivity index (χ3v) is 2.76. The van der Waals surface area contributed by atoms with Gasteiger partial charge >= 0.3 is 0 Å². The average Bonchev–Trinajstić information content (AvgIpc) is 2.76. The molecule has 0 aromatic heterocycles. The van der Waals surface area contributed by atoms with Gasteiger partial charge in [0.2, 0.25) is 5.91 Å². The van der Waals surface area contributed by atoms with Crippen molar-refractivity contribution in [1.82, 2.24) is 10.6 Å². The summed E-state index contributed by atoms with van der Waals surface area (Å²) < 4.78 is 0. The molecule has 0 bridgehead atoms. The molecule has 0 spiro atoms. The summed E-state index contributed by atoms with van der Waals surface area (Å²) in [5.41, 5.74) is 0. The maximum atomic E-state index is 11.5. The third kappa shape index (κ3) is 6.30. The lowest BCUT2D eigenvalue weighted by Gasteiger charge is -2.10. The van der Waals surface area contributed by atoms with Crippen molar-refractivity contribution < 1.29 is 9.90 Å². The molecule has 1 fully saturated rings. The molecule has 96 valence electrons. The van der Waals surface area contributed by atoms with Gasteiger partial charge in [0.1, 0.15) is 0 Å². The van der Waals surface area contributed by atoms with Crippen LogP contribution >= 0.6 is 12.4 Å². The SMILES string of the molecule is Cl.O=C(NCCCCCCO)C1CCCN1. The Morgan fingerprint density at radius 2 is 2.06 bits per heavy atom. The van der Waals surface area contributed by atoms with Crippen LogP contribution in [0.25, 0.3) is 0 Å². The summed E-state index contributed by atoms with van der Waals surface area (Å²) in [4.78, 5) is 11.5. The predicted octanol–water partition coefficient (Wildman–Crippen LogP) is 0.829. The fraction of sp³-hybridized carbons (Fsp3) is 0.909. The second-order valence-corrected chi connectivity index (χ2v) is 4.08. The van der Waals surface area contributed by atoms with Crippen LogP contribution in [0.4, 0.5) is 0 Å². The Morgan fingerprint density at radius 3 is 2.69 bits per heavy atom. The summed E-state index contributed by atoms with van der Waals surface area (Å²) in [7, 11) is 0. The molecule has 0 aliphatic carbocycles. The molecule has 1 unspecified atom stereocenters. The number of rotatable bonds is 7. The predicted molar refractivity (Wildman–Crippen MR) is 66.8 cm³/mol. The zero-order valence-corrected chi connectivity index (χ0v) is 10.5. The van der Waals surface area contributed by atoms with Crippen LogP contribution in [0, 0.1) is 0 Å². The molecule has 0 radical (unpaired) electrons. The highest BCUT2D eigenvalue weighted by Crippen LogP contribution is 2.04. The van der Waals surface area contributed by atoms with Crippen molar-refractivity contribution in [3.8, 4) is 0 Å². The van der Waals surface area contributed by atoms with E-state index in [0.717, 1.165) is 51.6 Å². The smallest absolute Gasteiger partial charge is 0.237 e. The van der Waals surface area contributed by atoms with E-state index in [-0.39, 0.29) is 31.0 Å². The number of aliphatic hydroxyl groups is 1. The van der Waals surface area contributed by atoms with E-state index < -0.39 is 0 Å². The topological polar surface area (TPSA) is 61.4 Å². The minimum absolute atomic E-state index is 0. The Bertz CT molecular complexity index is 185. The van der Waals surface area contributed by atoms with Gasteiger partial charge in [0.25, 0.3) is 0 Å². The lowest BCUT2D eigenvalue weighted by molar-refractivity contribution is -0.122. The van der Waals surface area contributed by atoms with E-state index in [0.29, 0.717) is 0 Å². The molecular formula is C11H23ClN2O2. The van der Waals surface area contributed by atoms with Crippen molar-refractivity contribution in [3.05, 3.63) is 0 Å². The van der Waals surface area contributed by atoms with E-state index in [1.807, 2.05) is 0 Å². The first-order valence-corrected chi connectivity index (χ1v) is 5.96. The van der Waals surface area contributed by atoms with Crippen molar-refractivity contribution >= 4 is 18.3 Å². The number of hydrogen-bond acceptors (Lipinski definition) is 3. The highest BCUT2D eigenvalue weighted by molar-refractivity contribution is 5.85. The lowest BCUT2D eigenvalue weighted by atomic mass is 10.2. The van der Waals surface area contributed by atoms with E-state index in [4.69, 9.17) is 5.11 Å². The van der Waals surface area contributed by atoms with E-state index in [1.54, 1.807) is 0 Å². The molecule has 3 N–H and O–H groups in total. The van der Waals surface area contributed by atoms with E-state index >= 15 is 0 Å². The Hall–Kier alpha value is -0.320. The van der Waals surface area contributed by atoms with Gasteiger partial charge in [-0.05, 0) is 32.2 Å². The molecule has 0 aromatic rings. The molecule has 1 aliphatic rings. The van der Waals surface area contributed by atoms with Crippen LogP contribution < -0.4 is 10.6 Å². The number of nitrogens with one attached hydrogen (secondary N) is 2.